The minimum Gasteiger partial charge on any atom is -0.545 e. The quantitative estimate of drug-likeness (QED) is 0.522. The molecule has 0 bridgehead atoms. The third-order valence-corrected chi connectivity index (χ3v) is 0.592. The minimum atomic E-state index is -1.23. The number of carbonyl (C=O) groups is 1. The maximum atomic E-state index is 9.14. The van der Waals surface area contributed by atoms with Crippen LogP contribution in [0, 0.1) is 0 Å². The second-order valence-electron chi connectivity index (χ2n) is 1.32. The number of carboxylic acid groups (broad SMARTS) is 1. The standard InChI is InChI=1S/C4H4O.C3H4O2/c1-2-4-5-3-1;1-2-3(4)5/h1-4H;2H,1H2,(H,4,5)/p-1. The van der Waals surface area contributed by atoms with Crippen LogP contribution < -0.4 is 5.11 Å². The Hall–Kier alpha value is -1.51. The van der Waals surface area contributed by atoms with E-state index in [-0.39, 0.29) is 0 Å². The summed E-state index contributed by atoms with van der Waals surface area (Å²) in [5.41, 5.74) is 0. The number of rotatable bonds is 1. The van der Waals surface area contributed by atoms with Crippen LogP contribution in [-0.4, -0.2) is 5.97 Å². The van der Waals surface area contributed by atoms with E-state index in [9.17, 15) is 0 Å². The second kappa shape index (κ2) is 5.62. The Labute approximate surface area is 58.6 Å². The topological polar surface area (TPSA) is 53.3 Å². The molecule has 0 unspecified atom stereocenters. The molecule has 0 fully saturated rings. The fourth-order valence-electron chi connectivity index (χ4n) is 0.227. The molecule has 54 valence electrons. The molecule has 0 N–H and O–H groups in total. The molecule has 3 nitrogen and oxygen atoms in total. The van der Waals surface area contributed by atoms with Crippen LogP contribution in [0.25, 0.3) is 0 Å². The van der Waals surface area contributed by atoms with Gasteiger partial charge in [-0.05, 0) is 18.2 Å². The van der Waals surface area contributed by atoms with E-state index in [1.165, 1.54) is 0 Å². The molecule has 1 rings (SSSR count). The number of furan rings is 1. The van der Waals surface area contributed by atoms with Crippen LogP contribution in [0.1, 0.15) is 0 Å². The Morgan fingerprint density at radius 1 is 1.50 bits per heavy atom. The van der Waals surface area contributed by atoms with E-state index in [1.54, 1.807) is 12.5 Å². The summed E-state index contributed by atoms with van der Waals surface area (Å²) in [6, 6.07) is 3.67. The third kappa shape index (κ3) is 6.49. The van der Waals surface area contributed by atoms with Gasteiger partial charge in [-0.25, -0.2) is 0 Å². The van der Waals surface area contributed by atoms with Gasteiger partial charge in [0.15, 0.2) is 0 Å². The predicted molar refractivity (Wildman–Crippen MR) is 33.9 cm³/mol. The van der Waals surface area contributed by atoms with E-state index in [1.807, 2.05) is 12.1 Å². The van der Waals surface area contributed by atoms with Crippen molar-refractivity contribution in [3.8, 4) is 0 Å². The summed E-state index contributed by atoms with van der Waals surface area (Å²) in [4.78, 5) is 9.14. The van der Waals surface area contributed by atoms with Gasteiger partial charge in [-0.15, -0.1) is 0 Å². The van der Waals surface area contributed by atoms with Gasteiger partial charge in [-0.1, -0.05) is 6.58 Å². The summed E-state index contributed by atoms with van der Waals surface area (Å²) in [5.74, 6) is -1.23. The van der Waals surface area contributed by atoms with Gasteiger partial charge in [0.1, 0.15) is 0 Å². The molecule has 0 radical (unpaired) electrons. The number of aliphatic carboxylic acids is 1. The van der Waals surface area contributed by atoms with Crippen molar-refractivity contribution in [3.63, 3.8) is 0 Å². The predicted octanol–water partition coefficient (Wildman–Crippen LogP) is 0.202. The van der Waals surface area contributed by atoms with Crippen LogP contribution in [0.3, 0.4) is 0 Å². The zero-order valence-corrected chi connectivity index (χ0v) is 5.32. The molecule has 1 aromatic rings. The van der Waals surface area contributed by atoms with Crippen molar-refractivity contribution in [2.75, 3.05) is 0 Å². The van der Waals surface area contributed by atoms with E-state index in [2.05, 4.69) is 11.0 Å². The number of hydrogen-bond acceptors (Lipinski definition) is 3. The highest BCUT2D eigenvalue weighted by Gasteiger charge is 1.59. The zero-order chi connectivity index (χ0) is 7.82. The summed E-state index contributed by atoms with van der Waals surface area (Å²) in [7, 11) is 0. The van der Waals surface area contributed by atoms with E-state index in [4.69, 9.17) is 9.90 Å². The van der Waals surface area contributed by atoms with Crippen molar-refractivity contribution >= 4 is 5.97 Å². The zero-order valence-electron chi connectivity index (χ0n) is 5.32. The smallest absolute Gasteiger partial charge is 0.0902 e. The van der Waals surface area contributed by atoms with Crippen molar-refractivity contribution in [3.05, 3.63) is 37.3 Å². The Morgan fingerprint density at radius 3 is 2.00 bits per heavy atom. The van der Waals surface area contributed by atoms with E-state index in [0.29, 0.717) is 0 Å². The van der Waals surface area contributed by atoms with Gasteiger partial charge in [0.2, 0.25) is 0 Å². The normalized spacial score (nSPS) is 7.20. The first kappa shape index (κ1) is 8.49. The molecular weight excluding hydrogens is 132 g/mol. The average molecular weight is 139 g/mol. The monoisotopic (exact) mass is 139 g/mol. The van der Waals surface area contributed by atoms with Crippen LogP contribution in [0.2, 0.25) is 0 Å². The van der Waals surface area contributed by atoms with Gasteiger partial charge in [0, 0.05) is 0 Å². The summed E-state index contributed by atoms with van der Waals surface area (Å²) in [5, 5.41) is 9.14. The highest BCUT2D eigenvalue weighted by Crippen LogP contribution is 1.79. The van der Waals surface area contributed by atoms with Crippen LogP contribution in [0.15, 0.2) is 41.7 Å². The van der Waals surface area contributed by atoms with E-state index >= 15 is 0 Å². The largest absolute Gasteiger partial charge is 0.545 e. The molecular formula is C7H7O3-. The SMILES string of the molecule is C=CC(=O)[O-].c1ccoc1. The second-order valence-corrected chi connectivity index (χ2v) is 1.32. The molecule has 0 aliphatic heterocycles. The molecule has 0 atom stereocenters. The summed E-state index contributed by atoms with van der Waals surface area (Å²) in [6.45, 7) is 2.90. The maximum absolute atomic E-state index is 9.14. The Morgan fingerprint density at radius 2 is 1.90 bits per heavy atom. The fourth-order valence-corrected chi connectivity index (χ4v) is 0.227. The van der Waals surface area contributed by atoms with Crippen molar-refractivity contribution in [2.24, 2.45) is 0 Å². The molecule has 0 saturated carbocycles. The molecule has 0 aromatic carbocycles. The number of carbonyl (C=O) groups excluding carboxylic acids is 1. The fraction of sp³-hybridized carbons (Fsp3) is 0. The summed E-state index contributed by atoms with van der Waals surface area (Å²) >= 11 is 0. The van der Waals surface area contributed by atoms with Gasteiger partial charge in [0.25, 0.3) is 0 Å². The molecule has 1 aromatic heterocycles. The summed E-state index contributed by atoms with van der Waals surface area (Å²) in [6.07, 6.45) is 3.97. The summed E-state index contributed by atoms with van der Waals surface area (Å²) < 4.78 is 4.58. The first-order valence-corrected chi connectivity index (χ1v) is 2.58. The van der Waals surface area contributed by atoms with Crippen molar-refractivity contribution in [2.45, 2.75) is 0 Å². The van der Waals surface area contributed by atoms with Crippen LogP contribution in [-0.2, 0) is 4.79 Å². The third-order valence-electron chi connectivity index (χ3n) is 0.592. The van der Waals surface area contributed by atoms with Gasteiger partial charge < -0.3 is 14.3 Å². The lowest BCUT2D eigenvalue weighted by Crippen LogP contribution is -2.17. The van der Waals surface area contributed by atoms with Gasteiger partial charge in [0.05, 0.1) is 18.5 Å². The number of hydrogen-bond donors (Lipinski definition) is 0. The minimum absolute atomic E-state index is 0.722. The maximum Gasteiger partial charge on any atom is 0.0902 e. The highest BCUT2D eigenvalue weighted by molar-refractivity contribution is 5.76. The van der Waals surface area contributed by atoms with E-state index < -0.39 is 5.97 Å². The van der Waals surface area contributed by atoms with Gasteiger partial charge >= 0.3 is 0 Å². The van der Waals surface area contributed by atoms with Crippen LogP contribution >= 0.6 is 0 Å². The van der Waals surface area contributed by atoms with Crippen molar-refractivity contribution in [1.82, 2.24) is 0 Å². The van der Waals surface area contributed by atoms with Gasteiger partial charge in [-0.3, -0.25) is 0 Å². The lowest BCUT2D eigenvalue weighted by molar-refractivity contribution is -0.297. The van der Waals surface area contributed by atoms with Gasteiger partial charge in [-0.2, -0.15) is 0 Å². The molecule has 1 heterocycles. The first-order valence-electron chi connectivity index (χ1n) is 2.58. The molecule has 0 aliphatic rings. The van der Waals surface area contributed by atoms with E-state index in [0.717, 1.165) is 6.08 Å². The van der Waals surface area contributed by atoms with Crippen LogP contribution in [0.4, 0.5) is 0 Å². The number of carboxylic acids is 1. The lowest BCUT2D eigenvalue weighted by Gasteiger charge is -1.81. The molecule has 0 aliphatic carbocycles. The van der Waals surface area contributed by atoms with Crippen molar-refractivity contribution < 1.29 is 14.3 Å². The van der Waals surface area contributed by atoms with Crippen LogP contribution in [0.5, 0.6) is 0 Å². The molecule has 10 heavy (non-hydrogen) atoms. The Kier molecular flexibility index (Phi) is 4.77. The lowest BCUT2D eigenvalue weighted by atomic mass is 10.7. The first-order chi connectivity index (χ1) is 4.77. The molecule has 3 heteroatoms. The average Bonchev–Trinajstić information content (AvgIpc) is 2.43. The molecule has 0 saturated heterocycles. The molecule has 0 spiro atoms. The van der Waals surface area contributed by atoms with Crippen molar-refractivity contribution in [1.29, 1.82) is 0 Å². The highest BCUT2D eigenvalue weighted by atomic mass is 16.4. The Bertz CT molecular complexity index is 160. The molecule has 0 amide bonds. The Balaban J connectivity index is 0.000000162.